The molecule has 0 radical (unpaired) electrons. The van der Waals surface area contributed by atoms with Gasteiger partial charge in [0.05, 0.1) is 6.07 Å². The van der Waals surface area contributed by atoms with E-state index in [0.29, 0.717) is 0 Å². The standard InChI is InChI=1S/C6H10NOPS/c1-9(8)6(5-7)3-2-4-10-9/h6H,2-4H2,1H3. The van der Waals surface area contributed by atoms with Gasteiger partial charge in [-0.3, -0.25) is 0 Å². The van der Waals surface area contributed by atoms with Crippen LogP contribution in [0.4, 0.5) is 0 Å². The van der Waals surface area contributed by atoms with Gasteiger partial charge in [0.15, 0.2) is 6.34 Å². The fourth-order valence-corrected chi connectivity index (χ4v) is 5.19. The average molecular weight is 175 g/mol. The molecule has 1 saturated heterocycles. The smallest absolute Gasteiger partial charge is 0.152 e. The first-order valence-electron chi connectivity index (χ1n) is 3.28. The maximum atomic E-state index is 11.5. The first kappa shape index (κ1) is 8.17. The first-order valence-corrected chi connectivity index (χ1v) is 7.09. The molecule has 1 aliphatic rings. The van der Waals surface area contributed by atoms with Crippen molar-refractivity contribution in [3.05, 3.63) is 0 Å². The van der Waals surface area contributed by atoms with Crippen LogP contribution in [0, 0.1) is 11.3 Å². The Morgan fingerprint density at radius 3 is 2.90 bits per heavy atom. The summed E-state index contributed by atoms with van der Waals surface area (Å²) >= 11 is 1.49. The minimum Gasteiger partial charge on any atom is -0.311 e. The Labute approximate surface area is 65.1 Å². The minimum atomic E-state index is -2.14. The van der Waals surface area contributed by atoms with Crippen LogP contribution in [-0.4, -0.2) is 18.1 Å². The molecule has 2 atom stereocenters. The van der Waals surface area contributed by atoms with Gasteiger partial charge in [-0.25, -0.2) is 0 Å². The van der Waals surface area contributed by atoms with Crippen molar-refractivity contribution < 1.29 is 4.57 Å². The van der Waals surface area contributed by atoms with Gasteiger partial charge in [0.2, 0.25) is 0 Å². The molecule has 1 rings (SSSR count). The van der Waals surface area contributed by atoms with E-state index in [2.05, 4.69) is 6.07 Å². The summed E-state index contributed by atoms with van der Waals surface area (Å²) in [5.41, 5.74) is -0.175. The highest BCUT2D eigenvalue weighted by atomic mass is 32.7. The topological polar surface area (TPSA) is 40.9 Å². The SMILES string of the molecule is CP1(=O)SCCCC1C#N. The van der Waals surface area contributed by atoms with Crippen molar-refractivity contribution in [2.24, 2.45) is 0 Å². The van der Waals surface area contributed by atoms with Crippen molar-refractivity contribution >= 4 is 17.7 Å². The molecule has 56 valence electrons. The maximum Gasteiger partial charge on any atom is 0.152 e. The molecule has 0 amide bonds. The number of hydrogen-bond donors (Lipinski definition) is 0. The van der Waals surface area contributed by atoms with Crippen LogP contribution >= 0.6 is 17.7 Å². The van der Waals surface area contributed by atoms with Crippen molar-refractivity contribution in [2.45, 2.75) is 18.5 Å². The van der Waals surface area contributed by atoms with Crippen LogP contribution in [0.5, 0.6) is 0 Å². The molecule has 1 aliphatic heterocycles. The van der Waals surface area contributed by atoms with Gasteiger partial charge in [-0.2, -0.15) is 5.26 Å². The average Bonchev–Trinajstić information content (AvgIpc) is 1.87. The van der Waals surface area contributed by atoms with Crippen LogP contribution in [0.2, 0.25) is 0 Å². The number of rotatable bonds is 0. The van der Waals surface area contributed by atoms with Crippen LogP contribution in [0.1, 0.15) is 12.8 Å². The van der Waals surface area contributed by atoms with E-state index in [9.17, 15) is 4.57 Å². The molecule has 0 aromatic heterocycles. The Balaban J connectivity index is 2.72. The Morgan fingerprint density at radius 2 is 2.50 bits per heavy atom. The zero-order valence-corrected chi connectivity index (χ0v) is 7.62. The summed E-state index contributed by atoms with van der Waals surface area (Å²) in [6.45, 7) is 1.73. The highest BCUT2D eigenvalue weighted by Gasteiger charge is 2.31. The van der Waals surface area contributed by atoms with Gasteiger partial charge in [0.1, 0.15) is 5.66 Å². The van der Waals surface area contributed by atoms with Gasteiger partial charge in [-0.1, -0.05) is 11.4 Å². The van der Waals surface area contributed by atoms with Gasteiger partial charge in [-0.05, 0) is 19.5 Å². The second-order valence-electron chi connectivity index (χ2n) is 2.53. The number of nitrogens with zero attached hydrogens (tertiary/aromatic N) is 1. The molecule has 0 bridgehead atoms. The quantitative estimate of drug-likeness (QED) is 0.530. The molecule has 0 aromatic rings. The predicted molar refractivity (Wildman–Crippen MR) is 44.6 cm³/mol. The monoisotopic (exact) mass is 175 g/mol. The fourth-order valence-electron chi connectivity index (χ4n) is 1.02. The Hall–Kier alpha value is 0.0700. The van der Waals surface area contributed by atoms with Gasteiger partial charge < -0.3 is 4.57 Å². The van der Waals surface area contributed by atoms with Crippen LogP contribution in [0.15, 0.2) is 0 Å². The molecule has 4 heteroatoms. The molecule has 0 aromatic carbocycles. The summed E-state index contributed by atoms with van der Waals surface area (Å²) in [5, 5.41) is 8.59. The Bertz CT molecular complexity index is 210. The van der Waals surface area contributed by atoms with Crippen LogP contribution in [-0.2, 0) is 4.57 Å². The van der Waals surface area contributed by atoms with Gasteiger partial charge in [0.25, 0.3) is 0 Å². The van der Waals surface area contributed by atoms with Crippen molar-refractivity contribution in [1.82, 2.24) is 0 Å². The normalized spacial score (nSPS) is 40.6. The molecule has 0 aliphatic carbocycles. The Morgan fingerprint density at radius 1 is 1.80 bits per heavy atom. The number of hydrogen-bond acceptors (Lipinski definition) is 3. The van der Waals surface area contributed by atoms with Gasteiger partial charge in [-0.15, -0.1) is 0 Å². The lowest BCUT2D eigenvalue weighted by atomic mass is 10.3. The third-order valence-electron chi connectivity index (χ3n) is 1.68. The van der Waals surface area contributed by atoms with E-state index in [0.717, 1.165) is 18.6 Å². The van der Waals surface area contributed by atoms with Crippen LogP contribution in [0.3, 0.4) is 0 Å². The van der Waals surface area contributed by atoms with Gasteiger partial charge >= 0.3 is 0 Å². The second-order valence-corrected chi connectivity index (χ2v) is 8.59. The van der Waals surface area contributed by atoms with Crippen molar-refractivity contribution in [3.8, 4) is 6.07 Å². The lowest BCUT2D eigenvalue weighted by molar-refractivity contribution is 0.579. The van der Waals surface area contributed by atoms with E-state index in [4.69, 9.17) is 5.26 Å². The van der Waals surface area contributed by atoms with E-state index in [1.54, 1.807) is 6.66 Å². The van der Waals surface area contributed by atoms with E-state index in [1.807, 2.05) is 0 Å². The zero-order chi connectivity index (χ0) is 7.61. The van der Waals surface area contributed by atoms with Crippen molar-refractivity contribution in [3.63, 3.8) is 0 Å². The molecular weight excluding hydrogens is 165 g/mol. The summed E-state index contributed by atoms with van der Waals surface area (Å²) in [5.74, 6) is 0.964. The van der Waals surface area contributed by atoms with E-state index in [1.165, 1.54) is 11.4 Å². The molecule has 0 spiro atoms. The predicted octanol–water partition coefficient (Wildman–Crippen LogP) is 2.31. The minimum absolute atomic E-state index is 0.175. The van der Waals surface area contributed by atoms with Gasteiger partial charge in [0, 0.05) is 5.75 Å². The zero-order valence-electron chi connectivity index (χ0n) is 5.91. The highest BCUT2D eigenvalue weighted by Crippen LogP contribution is 2.63. The maximum absolute atomic E-state index is 11.5. The molecule has 1 fully saturated rings. The molecular formula is C6H10NOPS. The summed E-state index contributed by atoms with van der Waals surface area (Å²) in [6, 6.07) is 2.11. The van der Waals surface area contributed by atoms with Crippen LogP contribution in [0.25, 0.3) is 0 Å². The summed E-state index contributed by atoms with van der Waals surface area (Å²) in [4.78, 5) is 0. The fraction of sp³-hybridized carbons (Fsp3) is 0.833. The lowest BCUT2D eigenvalue weighted by Gasteiger charge is -2.22. The van der Waals surface area contributed by atoms with E-state index >= 15 is 0 Å². The molecule has 2 unspecified atom stereocenters. The van der Waals surface area contributed by atoms with E-state index in [-0.39, 0.29) is 5.66 Å². The first-order chi connectivity index (χ1) is 4.67. The molecule has 0 N–H and O–H groups in total. The van der Waals surface area contributed by atoms with Crippen molar-refractivity contribution in [1.29, 1.82) is 5.26 Å². The highest BCUT2D eigenvalue weighted by molar-refractivity contribution is 8.58. The summed E-state index contributed by atoms with van der Waals surface area (Å²) in [6.07, 6.45) is -0.268. The van der Waals surface area contributed by atoms with Crippen molar-refractivity contribution in [2.75, 3.05) is 12.4 Å². The molecule has 2 nitrogen and oxygen atoms in total. The summed E-state index contributed by atoms with van der Waals surface area (Å²) < 4.78 is 11.5. The third-order valence-corrected chi connectivity index (χ3v) is 7.02. The third kappa shape index (κ3) is 1.56. The van der Waals surface area contributed by atoms with E-state index < -0.39 is 6.34 Å². The Kier molecular flexibility index (Phi) is 2.44. The molecule has 1 heterocycles. The van der Waals surface area contributed by atoms with Crippen LogP contribution < -0.4 is 0 Å². The lowest BCUT2D eigenvalue weighted by Crippen LogP contribution is -2.08. The summed E-state index contributed by atoms with van der Waals surface area (Å²) in [7, 11) is 0. The second kappa shape index (κ2) is 2.98. The molecule has 0 saturated carbocycles. The molecule has 10 heavy (non-hydrogen) atoms. The largest absolute Gasteiger partial charge is 0.311 e. The number of nitriles is 1.